The molecule has 324 valence electrons. The third-order valence-corrected chi connectivity index (χ3v) is 12.6. The number of likely N-dealkylation sites (tertiary alicyclic amines) is 1. The Labute approximate surface area is 363 Å². The minimum atomic E-state index is -1.05. The maximum absolute atomic E-state index is 13.6. The van der Waals surface area contributed by atoms with E-state index < -0.39 is 29.7 Å². The molecule has 10 rings (SSSR count). The zero-order valence-electron chi connectivity index (χ0n) is 35.2. The monoisotopic (exact) mass is 852 g/mol. The maximum atomic E-state index is 13.6. The van der Waals surface area contributed by atoms with Gasteiger partial charge in [0.25, 0.3) is 17.7 Å². The molecule has 8 heterocycles. The summed E-state index contributed by atoms with van der Waals surface area (Å²) in [6, 6.07) is 15.5. The van der Waals surface area contributed by atoms with Gasteiger partial charge >= 0.3 is 0 Å². The van der Waals surface area contributed by atoms with E-state index in [0.717, 1.165) is 63.3 Å². The average molecular weight is 853 g/mol. The largest absolute Gasteiger partial charge is 0.381 e. The fourth-order valence-electron chi connectivity index (χ4n) is 9.32. The summed E-state index contributed by atoms with van der Waals surface area (Å²) < 4.78 is 14.1. The molecular weight excluding hydrogens is 805 g/mol. The molecule has 0 saturated carbocycles. The third-order valence-electron chi connectivity index (χ3n) is 12.6. The van der Waals surface area contributed by atoms with E-state index in [0.29, 0.717) is 75.2 Å². The molecule has 63 heavy (non-hydrogen) atoms. The van der Waals surface area contributed by atoms with E-state index >= 15 is 0 Å². The first-order valence-electron chi connectivity index (χ1n) is 21.7. The SMILES string of the molecule is CC.O=CN1CCn2c(C3CCOCC3)nc(-c3cccc4cc(-c5ccc(C(=O)N6CCC(OCc7cccc8c7C(=O)N(C7CCC(=O)NC7=O)C8=O)C6)nc5)ncc34)c2C1. The second-order valence-electron chi connectivity index (χ2n) is 16.2. The Bertz CT molecular complexity index is 2640. The smallest absolute Gasteiger partial charge is 0.272 e. The molecule has 5 aliphatic rings. The van der Waals surface area contributed by atoms with Crippen molar-refractivity contribution in [1.82, 2.24) is 39.5 Å². The number of rotatable bonds is 9. The number of imide groups is 2. The summed E-state index contributed by atoms with van der Waals surface area (Å²) in [5.74, 6) is -1.12. The molecule has 5 aromatic rings. The highest BCUT2D eigenvalue weighted by atomic mass is 16.5. The molecule has 3 saturated heterocycles. The van der Waals surface area contributed by atoms with Gasteiger partial charge in [-0.2, -0.15) is 0 Å². The van der Waals surface area contributed by atoms with Gasteiger partial charge in [-0.25, -0.2) is 4.98 Å². The third kappa shape index (κ3) is 7.77. The quantitative estimate of drug-likeness (QED) is 0.157. The van der Waals surface area contributed by atoms with Crippen LogP contribution in [-0.2, 0) is 43.6 Å². The first-order chi connectivity index (χ1) is 30.7. The Morgan fingerprint density at radius 3 is 2.49 bits per heavy atom. The summed E-state index contributed by atoms with van der Waals surface area (Å²) in [7, 11) is 0. The lowest BCUT2D eigenvalue weighted by molar-refractivity contribution is -0.136. The van der Waals surface area contributed by atoms with Gasteiger partial charge in [0.1, 0.15) is 17.6 Å². The number of hydrogen-bond donors (Lipinski definition) is 1. The molecule has 0 spiro atoms. The molecule has 16 nitrogen and oxygen atoms in total. The summed E-state index contributed by atoms with van der Waals surface area (Å²) >= 11 is 0. The molecule has 3 aromatic heterocycles. The molecule has 3 fully saturated rings. The molecular formula is C47H48N8O8. The van der Waals surface area contributed by atoms with Crippen LogP contribution in [0.5, 0.6) is 0 Å². The summed E-state index contributed by atoms with van der Waals surface area (Å²) in [5.41, 5.74) is 5.53. The van der Waals surface area contributed by atoms with Crippen molar-refractivity contribution >= 4 is 46.7 Å². The van der Waals surface area contributed by atoms with E-state index in [-0.39, 0.29) is 42.6 Å². The van der Waals surface area contributed by atoms with Gasteiger partial charge in [-0.1, -0.05) is 44.2 Å². The van der Waals surface area contributed by atoms with Crippen LogP contribution in [0.4, 0.5) is 0 Å². The van der Waals surface area contributed by atoms with Crippen LogP contribution in [0.2, 0.25) is 0 Å². The van der Waals surface area contributed by atoms with Crippen LogP contribution in [0.25, 0.3) is 33.3 Å². The number of piperidine rings is 1. The summed E-state index contributed by atoms with van der Waals surface area (Å²) in [6.45, 7) is 8.09. The zero-order valence-corrected chi connectivity index (χ0v) is 35.2. The molecule has 16 heteroatoms. The Hall–Kier alpha value is -6.65. The van der Waals surface area contributed by atoms with Gasteiger partial charge in [0.05, 0.1) is 47.5 Å². The fourth-order valence-corrected chi connectivity index (χ4v) is 9.32. The zero-order chi connectivity index (χ0) is 43.8. The first-order valence-corrected chi connectivity index (χ1v) is 21.7. The molecule has 2 aromatic carbocycles. The maximum Gasteiger partial charge on any atom is 0.272 e. The van der Waals surface area contributed by atoms with Crippen LogP contribution < -0.4 is 5.32 Å². The van der Waals surface area contributed by atoms with Gasteiger partial charge in [-0.3, -0.25) is 49.0 Å². The molecule has 6 amide bonds. The minimum Gasteiger partial charge on any atom is -0.381 e. The molecule has 0 radical (unpaired) electrons. The highest BCUT2D eigenvalue weighted by Crippen LogP contribution is 2.38. The Kier molecular flexibility index (Phi) is 11.7. The van der Waals surface area contributed by atoms with Crippen LogP contribution in [0.1, 0.15) is 100 Å². The number of benzene rings is 2. The van der Waals surface area contributed by atoms with Gasteiger partial charge in [0.15, 0.2) is 0 Å². The molecule has 0 bridgehead atoms. The van der Waals surface area contributed by atoms with Crippen molar-refractivity contribution in [3.8, 4) is 22.5 Å². The van der Waals surface area contributed by atoms with E-state index in [9.17, 15) is 28.8 Å². The van der Waals surface area contributed by atoms with Gasteiger partial charge < -0.3 is 23.8 Å². The minimum absolute atomic E-state index is 0.0335. The van der Waals surface area contributed by atoms with Gasteiger partial charge in [-0.05, 0) is 60.9 Å². The van der Waals surface area contributed by atoms with Crippen LogP contribution in [0.15, 0.2) is 67.0 Å². The lowest BCUT2D eigenvalue weighted by atomic mass is 9.99. The number of ether oxygens (including phenoxy) is 2. The van der Waals surface area contributed by atoms with E-state index in [1.54, 1.807) is 40.3 Å². The topological polar surface area (TPSA) is 186 Å². The number of nitrogens with zero attached hydrogens (tertiary/aromatic N) is 7. The number of aromatic nitrogens is 4. The number of fused-ring (bicyclic) bond motifs is 3. The number of hydrogen-bond acceptors (Lipinski definition) is 11. The number of carbonyl (C=O) groups excluding carboxylic acids is 6. The van der Waals surface area contributed by atoms with Crippen molar-refractivity contribution in [1.29, 1.82) is 0 Å². The summed E-state index contributed by atoms with van der Waals surface area (Å²) in [5, 5.41) is 4.14. The Balaban J connectivity index is 0.00000249. The second kappa shape index (κ2) is 17.6. The van der Waals surface area contributed by atoms with Crippen LogP contribution in [-0.4, -0.2) is 115 Å². The lowest BCUT2D eigenvalue weighted by Crippen LogP contribution is -2.54. The highest BCUT2D eigenvalue weighted by Gasteiger charge is 2.45. The van der Waals surface area contributed by atoms with Crippen molar-refractivity contribution in [2.75, 3.05) is 32.8 Å². The van der Waals surface area contributed by atoms with E-state index in [2.05, 4.69) is 20.9 Å². The van der Waals surface area contributed by atoms with Gasteiger partial charge in [-0.15, -0.1) is 0 Å². The number of carbonyl (C=O) groups is 6. The van der Waals surface area contributed by atoms with Crippen LogP contribution in [0.3, 0.4) is 0 Å². The predicted octanol–water partition coefficient (Wildman–Crippen LogP) is 4.89. The van der Waals surface area contributed by atoms with E-state index in [1.165, 1.54) is 0 Å². The standard InChI is InChI=1S/C45H42N8O8.C2H6/c54-25-50-15-16-52-37(23-50)40(49-41(52)26-12-17-60-18-13-26)31-5-1-3-27-19-35(47-21-33(27)31)28-7-8-34(46-20-28)44(58)51-14-11-30(22-51)61-24-29-4-2-6-32-39(29)45(59)53(43(32)57)36-9-10-38(55)48-42(36)56;1-2/h1-8,19-21,25-26,30,36H,9-18,22-24H2,(H,48,55,56);1-2H3. The van der Waals surface area contributed by atoms with E-state index in [1.807, 2.05) is 44.3 Å². The Morgan fingerprint density at radius 1 is 0.905 bits per heavy atom. The normalized spacial score (nSPS) is 20.1. The number of imidazole rings is 1. The van der Waals surface area contributed by atoms with Crippen molar-refractivity contribution in [2.24, 2.45) is 0 Å². The van der Waals surface area contributed by atoms with Gasteiger partial charge in [0, 0.05) is 80.6 Å². The molecule has 5 aliphatic heterocycles. The molecule has 2 unspecified atom stereocenters. The van der Waals surface area contributed by atoms with Crippen molar-refractivity contribution in [3.63, 3.8) is 0 Å². The Morgan fingerprint density at radius 2 is 1.71 bits per heavy atom. The van der Waals surface area contributed by atoms with Crippen molar-refractivity contribution < 1.29 is 38.2 Å². The number of amides is 6. The predicted molar refractivity (Wildman–Crippen MR) is 229 cm³/mol. The van der Waals surface area contributed by atoms with Crippen LogP contribution >= 0.6 is 0 Å². The van der Waals surface area contributed by atoms with Crippen molar-refractivity contribution in [3.05, 3.63) is 101 Å². The van der Waals surface area contributed by atoms with E-state index in [4.69, 9.17) is 19.4 Å². The molecule has 2 atom stereocenters. The number of nitrogens with one attached hydrogen (secondary N) is 1. The second-order valence-corrected chi connectivity index (χ2v) is 16.2. The fraction of sp³-hybridized carbons (Fsp3) is 0.383. The lowest BCUT2D eigenvalue weighted by Gasteiger charge is -2.28. The summed E-state index contributed by atoms with van der Waals surface area (Å²) in [6.07, 6.45) is 6.63. The molecule has 1 N–H and O–H groups in total. The first kappa shape index (κ1) is 41.7. The van der Waals surface area contributed by atoms with Crippen molar-refractivity contribution in [2.45, 2.75) is 83.7 Å². The highest BCUT2D eigenvalue weighted by molar-refractivity contribution is 6.24. The van der Waals surface area contributed by atoms with Gasteiger partial charge in [0.2, 0.25) is 18.2 Å². The average Bonchev–Trinajstić information content (AvgIpc) is 4.03. The number of pyridine rings is 2. The van der Waals surface area contributed by atoms with Crippen LogP contribution in [0, 0.1) is 0 Å². The summed E-state index contributed by atoms with van der Waals surface area (Å²) in [4.78, 5) is 95.4. The molecule has 0 aliphatic carbocycles.